The van der Waals surface area contributed by atoms with Crippen LogP contribution in [-0.2, 0) is 24.4 Å². The fourth-order valence-electron chi connectivity index (χ4n) is 2.14. The van der Waals surface area contributed by atoms with Crippen LogP contribution in [0, 0.1) is 0 Å². The monoisotopic (exact) mass is 307 g/mol. The minimum atomic E-state index is -2.79. The first kappa shape index (κ1) is 16.4. The predicted molar refractivity (Wildman–Crippen MR) is 80.8 cm³/mol. The average Bonchev–Trinajstić information content (AvgIpc) is 2.49. The van der Waals surface area contributed by atoms with E-state index in [1.807, 2.05) is 18.2 Å². The Kier molecular flexibility index (Phi) is 6.30. The van der Waals surface area contributed by atoms with Crippen LogP contribution in [0.4, 0.5) is 8.78 Å². The molecule has 0 unspecified atom stereocenters. The molecule has 0 aliphatic rings. The molecule has 0 bridgehead atoms. The molecule has 0 heterocycles. The number of rotatable bonds is 8. The van der Waals surface area contributed by atoms with E-state index in [-0.39, 0.29) is 5.75 Å². The summed E-state index contributed by atoms with van der Waals surface area (Å²) in [4.78, 5) is 0. The normalized spacial score (nSPS) is 10.9. The second-order valence-corrected chi connectivity index (χ2v) is 4.88. The molecule has 0 atom stereocenters. The maximum Gasteiger partial charge on any atom is 0.387 e. The van der Waals surface area contributed by atoms with E-state index in [9.17, 15) is 8.78 Å². The zero-order chi connectivity index (χ0) is 15.8. The molecule has 0 saturated heterocycles. The summed E-state index contributed by atoms with van der Waals surface area (Å²) in [6, 6.07) is 14.8. The van der Waals surface area contributed by atoms with E-state index >= 15 is 0 Å². The van der Waals surface area contributed by atoms with E-state index < -0.39 is 6.61 Å². The molecule has 1 N–H and O–H groups in total. The van der Waals surface area contributed by atoms with Gasteiger partial charge in [0.1, 0.15) is 5.75 Å². The lowest BCUT2D eigenvalue weighted by molar-refractivity contribution is -0.0498. The predicted octanol–water partition coefficient (Wildman–Crippen LogP) is 3.72. The molecule has 22 heavy (non-hydrogen) atoms. The van der Waals surface area contributed by atoms with Gasteiger partial charge in [-0.25, -0.2) is 0 Å². The highest BCUT2D eigenvalue weighted by Gasteiger charge is 2.03. The van der Waals surface area contributed by atoms with Gasteiger partial charge in [0.25, 0.3) is 0 Å². The summed E-state index contributed by atoms with van der Waals surface area (Å²) in [6.45, 7) is -0.807. The first-order valence-electron chi connectivity index (χ1n) is 6.98. The number of halogens is 2. The van der Waals surface area contributed by atoms with Gasteiger partial charge in [-0.1, -0.05) is 36.4 Å². The van der Waals surface area contributed by atoms with Crippen LogP contribution in [0.5, 0.6) is 5.75 Å². The topological polar surface area (TPSA) is 30.5 Å². The number of benzene rings is 2. The summed E-state index contributed by atoms with van der Waals surface area (Å²) in [6.07, 6.45) is 0. The Morgan fingerprint density at radius 3 is 2.32 bits per heavy atom. The maximum atomic E-state index is 12.1. The largest absolute Gasteiger partial charge is 0.435 e. The zero-order valence-corrected chi connectivity index (χ0v) is 12.4. The van der Waals surface area contributed by atoms with Crippen molar-refractivity contribution in [2.24, 2.45) is 0 Å². The third-order valence-electron chi connectivity index (χ3n) is 3.11. The molecule has 2 aromatic carbocycles. The van der Waals surface area contributed by atoms with Gasteiger partial charge in [-0.2, -0.15) is 8.78 Å². The van der Waals surface area contributed by atoms with Gasteiger partial charge >= 0.3 is 6.61 Å². The van der Waals surface area contributed by atoms with Gasteiger partial charge in [0.2, 0.25) is 0 Å². The van der Waals surface area contributed by atoms with Gasteiger partial charge in [-0.05, 0) is 28.8 Å². The molecule has 2 aromatic rings. The second kappa shape index (κ2) is 8.46. The van der Waals surface area contributed by atoms with Gasteiger partial charge in [0.05, 0.1) is 6.61 Å². The molecule has 3 nitrogen and oxygen atoms in total. The molecule has 118 valence electrons. The van der Waals surface area contributed by atoms with Gasteiger partial charge in [0, 0.05) is 20.2 Å². The van der Waals surface area contributed by atoms with Crippen LogP contribution in [0.25, 0.3) is 0 Å². The van der Waals surface area contributed by atoms with Crippen LogP contribution in [-0.4, -0.2) is 13.7 Å². The van der Waals surface area contributed by atoms with Crippen LogP contribution in [0.1, 0.15) is 16.7 Å². The number of alkyl halides is 2. The molecule has 5 heteroatoms. The second-order valence-electron chi connectivity index (χ2n) is 4.88. The highest BCUT2D eigenvalue weighted by atomic mass is 19.3. The minimum absolute atomic E-state index is 0.172. The van der Waals surface area contributed by atoms with E-state index in [2.05, 4.69) is 16.1 Å². The fraction of sp³-hybridized carbons (Fsp3) is 0.294. The van der Waals surface area contributed by atoms with Crippen molar-refractivity contribution in [3.63, 3.8) is 0 Å². The van der Waals surface area contributed by atoms with Crippen LogP contribution < -0.4 is 10.1 Å². The Labute approximate surface area is 128 Å². The number of methoxy groups -OCH3 is 1. The van der Waals surface area contributed by atoms with E-state index in [1.54, 1.807) is 31.4 Å². The first-order chi connectivity index (χ1) is 10.7. The molecule has 0 amide bonds. The van der Waals surface area contributed by atoms with Crippen LogP contribution in [0.3, 0.4) is 0 Å². The molecule has 2 rings (SSSR count). The standard InChI is InChI=1S/C17H19F2NO2/c1-21-12-15-4-2-3-14(9-15)11-20-10-13-5-7-16(8-6-13)22-17(18)19/h2-9,17,20H,10-12H2,1H3. The third-order valence-corrected chi connectivity index (χ3v) is 3.11. The summed E-state index contributed by atoms with van der Waals surface area (Å²) in [5, 5.41) is 3.32. The van der Waals surface area contributed by atoms with Crippen LogP contribution in [0.15, 0.2) is 48.5 Å². The summed E-state index contributed by atoms with van der Waals surface area (Å²) in [5.74, 6) is 0.172. The summed E-state index contributed by atoms with van der Waals surface area (Å²) in [5.41, 5.74) is 3.32. The molecule has 0 aromatic heterocycles. The Hall–Kier alpha value is -1.98. The van der Waals surface area contributed by atoms with Crippen molar-refractivity contribution in [3.8, 4) is 5.75 Å². The summed E-state index contributed by atoms with van der Waals surface area (Å²) < 4.78 is 33.5. The molecule has 0 spiro atoms. The summed E-state index contributed by atoms with van der Waals surface area (Å²) >= 11 is 0. The van der Waals surface area contributed by atoms with Crippen molar-refractivity contribution in [2.45, 2.75) is 26.3 Å². The van der Waals surface area contributed by atoms with Crippen molar-refractivity contribution in [2.75, 3.05) is 7.11 Å². The van der Waals surface area contributed by atoms with Gasteiger partial charge in [0.15, 0.2) is 0 Å². The molecule has 0 radical (unpaired) electrons. The lowest BCUT2D eigenvalue weighted by Crippen LogP contribution is -2.12. The van der Waals surface area contributed by atoms with Gasteiger partial charge in [-0.15, -0.1) is 0 Å². The molecule has 0 saturated carbocycles. The molecular weight excluding hydrogens is 288 g/mol. The van der Waals surface area contributed by atoms with Crippen molar-refractivity contribution >= 4 is 0 Å². The molecule has 0 aliphatic heterocycles. The third kappa shape index (κ3) is 5.42. The number of hydrogen-bond donors (Lipinski definition) is 1. The fourth-order valence-corrected chi connectivity index (χ4v) is 2.14. The number of hydrogen-bond acceptors (Lipinski definition) is 3. The maximum absolute atomic E-state index is 12.1. The average molecular weight is 307 g/mol. The number of ether oxygens (including phenoxy) is 2. The molecule has 0 fully saturated rings. The quantitative estimate of drug-likeness (QED) is 0.806. The smallest absolute Gasteiger partial charge is 0.387 e. The van der Waals surface area contributed by atoms with Crippen molar-refractivity contribution in [1.82, 2.24) is 5.32 Å². The Morgan fingerprint density at radius 1 is 0.955 bits per heavy atom. The number of nitrogens with one attached hydrogen (secondary N) is 1. The van der Waals surface area contributed by atoms with Gasteiger partial charge < -0.3 is 14.8 Å². The Balaban J connectivity index is 1.82. The minimum Gasteiger partial charge on any atom is -0.435 e. The van der Waals surface area contributed by atoms with E-state index in [0.29, 0.717) is 13.2 Å². The summed E-state index contributed by atoms with van der Waals surface area (Å²) in [7, 11) is 1.67. The molecular formula is C17H19F2NO2. The van der Waals surface area contributed by atoms with Crippen molar-refractivity contribution < 1.29 is 18.3 Å². The van der Waals surface area contributed by atoms with Crippen molar-refractivity contribution in [3.05, 3.63) is 65.2 Å². The van der Waals surface area contributed by atoms with Crippen LogP contribution >= 0.6 is 0 Å². The Bertz CT molecular complexity index is 573. The Morgan fingerprint density at radius 2 is 1.64 bits per heavy atom. The highest BCUT2D eigenvalue weighted by Crippen LogP contribution is 2.15. The highest BCUT2D eigenvalue weighted by molar-refractivity contribution is 5.27. The van der Waals surface area contributed by atoms with E-state index in [0.717, 1.165) is 17.7 Å². The van der Waals surface area contributed by atoms with Crippen LogP contribution in [0.2, 0.25) is 0 Å². The first-order valence-corrected chi connectivity index (χ1v) is 6.98. The van der Waals surface area contributed by atoms with Gasteiger partial charge in [-0.3, -0.25) is 0 Å². The van der Waals surface area contributed by atoms with Crippen molar-refractivity contribution in [1.29, 1.82) is 0 Å². The zero-order valence-electron chi connectivity index (χ0n) is 12.4. The SMILES string of the molecule is COCc1cccc(CNCc2ccc(OC(F)F)cc2)c1. The molecule has 0 aliphatic carbocycles. The van der Waals surface area contributed by atoms with E-state index in [1.165, 1.54) is 5.56 Å². The lowest BCUT2D eigenvalue weighted by Gasteiger charge is -2.08. The lowest BCUT2D eigenvalue weighted by atomic mass is 10.1. The van der Waals surface area contributed by atoms with E-state index in [4.69, 9.17) is 4.74 Å².